The van der Waals surface area contributed by atoms with Crippen molar-refractivity contribution in [2.45, 2.75) is 6.04 Å². The normalized spacial score (nSPS) is 17.0. The molecule has 3 aromatic carbocycles. The van der Waals surface area contributed by atoms with Crippen molar-refractivity contribution in [1.29, 1.82) is 0 Å². The van der Waals surface area contributed by atoms with E-state index >= 15 is 0 Å². The largest absolute Gasteiger partial charge is 0.294 e. The molecule has 0 radical (unpaired) electrons. The van der Waals surface area contributed by atoms with Crippen LogP contribution in [0.25, 0.3) is 11.1 Å². The second-order valence-corrected chi connectivity index (χ2v) is 8.30. The van der Waals surface area contributed by atoms with Crippen molar-refractivity contribution in [1.82, 2.24) is 9.91 Å². The molecule has 0 amide bonds. The van der Waals surface area contributed by atoms with Gasteiger partial charge in [0, 0.05) is 26.2 Å². The second kappa shape index (κ2) is 7.83. The van der Waals surface area contributed by atoms with Crippen LogP contribution in [0.5, 0.6) is 0 Å². The molecule has 1 aliphatic carbocycles. The summed E-state index contributed by atoms with van der Waals surface area (Å²) in [6.45, 7) is 3.76. The highest BCUT2D eigenvalue weighted by Gasteiger charge is 2.33. The highest BCUT2D eigenvalue weighted by Crippen LogP contribution is 2.46. The Labute approximate surface area is 181 Å². The van der Waals surface area contributed by atoms with Crippen LogP contribution in [0.15, 0.2) is 71.8 Å². The molecule has 146 valence electrons. The summed E-state index contributed by atoms with van der Waals surface area (Å²) in [5.41, 5.74) is 6.53. The van der Waals surface area contributed by atoms with Gasteiger partial charge in [-0.15, -0.1) is 0 Å². The quantitative estimate of drug-likeness (QED) is 0.503. The van der Waals surface area contributed by atoms with Crippen molar-refractivity contribution in [3.8, 4) is 11.1 Å². The highest BCUT2D eigenvalue weighted by molar-refractivity contribution is 6.42. The van der Waals surface area contributed by atoms with Crippen molar-refractivity contribution >= 4 is 29.4 Å². The topological polar surface area (TPSA) is 18.8 Å². The first-order valence-corrected chi connectivity index (χ1v) is 10.6. The third-order valence-corrected chi connectivity index (χ3v) is 6.51. The molecule has 1 saturated heterocycles. The van der Waals surface area contributed by atoms with Crippen LogP contribution in [0.2, 0.25) is 10.0 Å². The average Bonchev–Trinajstić information content (AvgIpc) is 3.10. The van der Waals surface area contributed by atoms with Crippen molar-refractivity contribution in [2.75, 3.05) is 26.2 Å². The van der Waals surface area contributed by atoms with E-state index in [1.807, 2.05) is 18.3 Å². The molecule has 1 heterocycles. The lowest BCUT2D eigenvalue weighted by atomic mass is 10.0. The minimum Gasteiger partial charge on any atom is -0.294 e. The average molecular weight is 422 g/mol. The molecule has 3 aromatic rings. The van der Waals surface area contributed by atoms with Crippen molar-refractivity contribution in [3.63, 3.8) is 0 Å². The van der Waals surface area contributed by atoms with Crippen LogP contribution in [-0.4, -0.2) is 42.3 Å². The molecule has 0 saturated carbocycles. The molecule has 1 aliphatic heterocycles. The molecule has 0 atom stereocenters. The minimum absolute atomic E-state index is 0.337. The van der Waals surface area contributed by atoms with Gasteiger partial charge in [-0.25, -0.2) is 0 Å². The number of nitrogens with zero attached hydrogens (tertiary/aromatic N) is 3. The Hall–Kier alpha value is -2.33. The monoisotopic (exact) mass is 421 g/mol. The fraction of sp³-hybridized carbons (Fsp3) is 0.208. The third kappa shape index (κ3) is 3.55. The van der Waals surface area contributed by atoms with E-state index in [9.17, 15) is 0 Å². The van der Waals surface area contributed by atoms with E-state index in [2.05, 4.69) is 63.5 Å². The molecule has 5 heteroatoms. The maximum absolute atomic E-state index is 6.10. The van der Waals surface area contributed by atoms with Crippen molar-refractivity contribution in [3.05, 3.63) is 93.5 Å². The van der Waals surface area contributed by atoms with Gasteiger partial charge in [0.1, 0.15) is 0 Å². The summed E-state index contributed by atoms with van der Waals surface area (Å²) < 4.78 is 0. The van der Waals surface area contributed by atoms with Gasteiger partial charge < -0.3 is 0 Å². The van der Waals surface area contributed by atoms with Gasteiger partial charge in [-0.1, -0.05) is 77.8 Å². The molecule has 29 heavy (non-hydrogen) atoms. The van der Waals surface area contributed by atoms with Gasteiger partial charge in [0.25, 0.3) is 0 Å². The molecule has 0 N–H and O–H groups in total. The number of hydrogen-bond acceptors (Lipinski definition) is 3. The Kier molecular flexibility index (Phi) is 5.04. The number of hydrogen-bond donors (Lipinski definition) is 0. The maximum atomic E-state index is 6.10. The summed E-state index contributed by atoms with van der Waals surface area (Å²) in [5, 5.41) is 7.90. The predicted octanol–water partition coefficient (Wildman–Crippen LogP) is 5.71. The Balaban J connectivity index is 1.31. The van der Waals surface area contributed by atoms with Gasteiger partial charge in [0.15, 0.2) is 0 Å². The Morgan fingerprint density at radius 2 is 1.38 bits per heavy atom. The Bertz CT molecular complexity index is 1030. The summed E-state index contributed by atoms with van der Waals surface area (Å²) in [6, 6.07) is 23.5. The van der Waals surface area contributed by atoms with E-state index < -0.39 is 0 Å². The predicted molar refractivity (Wildman–Crippen MR) is 121 cm³/mol. The van der Waals surface area contributed by atoms with Crippen LogP contribution in [-0.2, 0) is 0 Å². The van der Waals surface area contributed by atoms with Crippen molar-refractivity contribution < 1.29 is 0 Å². The van der Waals surface area contributed by atoms with Crippen LogP contribution < -0.4 is 0 Å². The first-order valence-electron chi connectivity index (χ1n) is 9.87. The molecule has 0 bridgehead atoms. The summed E-state index contributed by atoms with van der Waals surface area (Å²) in [4.78, 5) is 2.58. The molecule has 2 aliphatic rings. The maximum Gasteiger partial charge on any atom is 0.0615 e. The first-order chi connectivity index (χ1) is 14.2. The van der Waals surface area contributed by atoms with E-state index in [-0.39, 0.29) is 0 Å². The molecule has 0 spiro atoms. The number of benzene rings is 3. The molecular formula is C24H21Cl2N3. The van der Waals surface area contributed by atoms with Gasteiger partial charge in [-0.3, -0.25) is 9.91 Å². The Morgan fingerprint density at radius 1 is 0.759 bits per heavy atom. The smallest absolute Gasteiger partial charge is 0.0615 e. The SMILES string of the molecule is Clc1ccc(/C=N\N2CCN(C3c4ccccc4-c4ccccc43)CC2)cc1Cl. The highest BCUT2D eigenvalue weighted by atomic mass is 35.5. The summed E-state index contributed by atoms with van der Waals surface area (Å²) in [7, 11) is 0. The zero-order valence-corrected chi connectivity index (χ0v) is 17.4. The number of fused-ring (bicyclic) bond motifs is 3. The summed E-state index contributed by atoms with van der Waals surface area (Å²) in [5.74, 6) is 0. The van der Waals surface area contributed by atoms with Crippen LogP contribution >= 0.6 is 23.2 Å². The molecule has 0 aromatic heterocycles. The number of rotatable bonds is 3. The van der Waals surface area contributed by atoms with Gasteiger partial charge in [-0.05, 0) is 39.9 Å². The zero-order valence-electron chi connectivity index (χ0n) is 15.9. The minimum atomic E-state index is 0.337. The van der Waals surface area contributed by atoms with E-state index in [1.165, 1.54) is 22.3 Å². The molecule has 5 rings (SSSR count). The van der Waals surface area contributed by atoms with E-state index in [1.54, 1.807) is 6.07 Å². The Morgan fingerprint density at radius 3 is 2.00 bits per heavy atom. The van der Waals surface area contributed by atoms with Gasteiger partial charge in [-0.2, -0.15) is 5.10 Å². The van der Waals surface area contributed by atoms with Gasteiger partial charge in [0.05, 0.1) is 22.3 Å². The van der Waals surface area contributed by atoms with Crippen molar-refractivity contribution in [2.24, 2.45) is 5.10 Å². The van der Waals surface area contributed by atoms with Crippen LogP contribution in [0, 0.1) is 0 Å². The lowest BCUT2D eigenvalue weighted by Crippen LogP contribution is -2.45. The molecule has 1 fully saturated rings. The van der Waals surface area contributed by atoms with E-state index in [4.69, 9.17) is 23.2 Å². The fourth-order valence-corrected chi connectivity index (χ4v) is 4.65. The summed E-state index contributed by atoms with van der Waals surface area (Å²) in [6.07, 6.45) is 1.86. The standard InChI is InChI=1S/C24H21Cl2N3/c25-22-10-9-17(15-23(22)26)16-27-29-13-11-28(12-14-29)24-20-7-3-1-5-18(20)19-6-2-4-8-21(19)24/h1-10,15-16,24H,11-14H2/b27-16-. The number of halogens is 2. The lowest BCUT2D eigenvalue weighted by Gasteiger charge is -2.37. The lowest BCUT2D eigenvalue weighted by molar-refractivity contribution is 0.114. The van der Waals surface area contributed by atoms with Crippen LogP contribution in [0.3, 0.4) is 0 Å². The fourth-order valence-electron chi connectivity index (χ4n) is 4.35. The van der Waals surface area contributed by atoms with Gasteiger partial charge >= 0.3 is 0 Å². The van der Waals surface area contributed by atoms with Crippen LogP contribution in [0.1, 0.15) is 22.7 Å². The molecular weight excluding hydrogens is 401 g/mol. The third-order valence-electron chi connectivity index (χ3n) is 5.77. The van der Waals surface area contributed by atoms with Gasteiger partial charge in [0.2, 0.25) is 0 Å². The zero-order chi connectivity index (χ0) is 19.8. The van der Waals surface area contributed by atoms with E-state index in [0.29, 0.717) is 16.1 Å². The molecule has 0 unspecified atom stereocenters. The number of hydrazone groups is 1. The van der Waals surface area contributed by atoms with E-state index in [0.717, 1.165) is 31.7 Å². The number of piperazine rings is 1. The summed E-state index contributed by atoms with van der Waals surface area (Å²) >= 11 is 12.1. The molecule has 3 nitrogen and oxygen atoms in total. The second-order valence-electron chi connectivity index (χ2n) is 7.48. The van der Waals surface area contributed by atoms with Crippen LogP contribution in [0.4, 0.5) is 0 Å². The first kappa shape index (κ1) is 18.7.